The molecule has 0 bridgehead atoms. The molecule has 5 N–H and O–H groups in total. The fourth-order valence-electron chi connectivity index (χ4n) is 3.56. The van der Waals surface area contributed by atoms with E-state index in [9.17, 15) is 19.4 Å². The molecule has 2 heterocycles. The molecule has 29 heavy (non-hydrogen) atoms. The van der Waals surface area contributed by atoms with Crippen LogP contribution < -0.4 is 15.8 Å². The number of nitrogens with zero attached hydrogens (tertiary/aromatic N) is 3. The molecule has 1 saturated carbocycles. The van der Waals surface area contributed by atoms with E-state index in [1.54, 1.807) is 34.9 Å². The molecule has 1 fully saturated rings. The van der Waals surface area contributed by atoms with E-state index in [-0.39, 0.29) is 48.3 Å². The topological polar surface area (TPSA) is 166 Å². The van der Waals surface area contributed by atoms with Crippen molar-refractivity contribution in [2.75, 3.05) is 18.9 Å². The average molecular weight is 421 g/mol. The number of benzene rings is 1. The summed E-state index contributed by atoms with van der Waals surface area (Å²) in [6, 6.07) is 7.94. The summed E-state index contributed by atoms with van der Waals surface area (Å²) in [4.78, 5) is 32.6. The van der Waals surface area contributed by atoms with Crippen LogP contribution >= 0.6 is 7.82 Å². The predicted molar refractivity (Wildman–Crippen MR) is 103 cm³/mol. The quantitative estimate of drug-likeness (QED) is 0.408. The van der Waals surface area contributed by atoms with Gasteiger partial charge in [-0.3, -0.25) is 19.2 Å². The van der Waals surface area contributed by atoms with E-state index in [1.807, 2.05) is 0 Å². The van der Waals surface area contributed by atoms with Gasteiger partial charge in [-0.15, -0.1) is 0 Å². The van der Waals surface area contributed by atoms with Gasteiger partial charge < -0.3 is 19.9 Å². The van der Waals surface area contributed by atoms with Crippen molar-refractivity contribution in [3.05, 3.63) is 47.0 Å². The number of H-pyrrole nitrogens is 1. The van der Waals surface area contributed by atoms with Crippen LogP contribution in [-0.4, -0.2) is 42.7 Å². The maximum Gasteiger partial charge on any atom is 0.527 e. The van der Waals surface area contributed by atoms with Gasteiger partial charge in [-0.1, -0.05) is 18.2 Å². The van der Waals surface area contributed by atoms with Crippen LogP contribution in [0.4, 0.5) is 5.95 Å². The minimum Gasteiger partial charge on any atom is -0.404 e. The van der Waals surface area contributed by atoms with Crippen molar-refractivity contribution in [3.8, 4) is 5.75 Å². The molecule has 0 radical (unpaired) electrons. The van der Waals surface area contributed by atoms with Crippen LogP contribution in [0.2, 0.25) is 0 Å². The number of aromatic amines is 1. The Morgan fingerprint density at radius 1 is 1.34 bits per heavy atom. The second kappa shape index (κ2) is 7.60. The highest BCUT2D eigenvalue weighted by Crippen LogP contribution is 2.49. The molecule has 0 aliphatic heterocycles. The van der Waals surface area contributed by atoms with Gasteiger partial charge in [0.25, 0.3) is 5.56 Å². The molecule has 4 rings (SSSR count). The van der Waals surface area contributed by atoms with E-state index in [2.05, 4.69) is 15.0 Å². The zero-order valence-electron chi connectivity index (χ0n) is 15.2. The van der Waals surface area contributed by atoms with Crippen molar-refractivity contribution in [1.29, 1.82) is 0 Å². The monoisotopic (exact) mass is 421 g/mol. The van der Waals surface area contributed by atoms with E-state index in [1.165, 1.54) is 6.33 Å². The first-order valence-electron chi connectivity index (χ1n) is 8.93. The molecule has 11 nitrogen and oxygen atoms in total. The van der Waals surface area contributed by atoms with Crippen LogP contribution in [0.5, 0.6) is 5.75 Å². The van der Waals surface area contributed by atoms with E-state index in [0.717, 1.165) is 0 Å². The Bertz CT molecular complexity index is 1120. The molecule has 4 atom stereocenters. The first-order valence-corrected chi connectivity index (χ1v) is 10.4. The van der Waals surface area contributed by atoms with Crippen molar-refractivity contribution in [2.24, 2.45) is 11.8 Å². The standard InChI is InChI=1S/C17H20N5O6P/c18-17-20-15-14(16(24)21-17)19-9-22(15)13-6-10(7-23)12(13)8-27-29(25,26)28-11-4-2-1-3-5-11/h1-5,9-10,12-13,23H,6-8H2,(H,25,26)(H3,18,20,21,24)/t10-,12-,13-/m1/s1. The van der Waals surface area contributed by atoms with Crippen LogP contribution in [-0.2, 0) is 9.09 Å². The smallest absolute Gasteiger partial charge is 0.404 e. The van der Waals surface area contributed by atoms with Gasteiger partial charge in [-0.2, -0.15) is 4.98 Å². The summed E-state index contributed by atoms with van der Waals surface area (Å²) in [5.41, 5.74) is 5.64. The van der Waals surface area contributed by atoms with Crippen molar-refractivity contribution >= 4 is 24.9 Å². The van der Waals surface area contributed by atoms with Crippen molar-refractivity contribution < 1.29 is 23.6 Å². The number of fused-ring (bicyclic) bond motifs is 1. The number of nitrogens with two attached hydrogens (primary N) is 1. The van der Waals surface area contributed by atoms with Gasteiger partial charge >= 0.3 is 7.82 Å². The fourth-order valence-corrected chi connectivity index (χ4v) is 4.36. The number of phosphoric ester groups is 1. The SMILES string of the molecule is Nc1nc2c(ncn2[C@@H]2C[C@H](CO)[C@H]2COP(=O)(O)Oc2ccccc2)c(=O)[nH]1. The van der Waals surface area contributed by atoms with Gasteiger partial charge in [0.1, 0.15) is 5.75 Å². The Morgan fingerprint density at radius 2 is 2.10 bits per heavy atom. The molecule has 1 unspecified atom stereocenters. The summed E-state index contributed by atoms with van der Waals surface area (Å²) in [5.74, 6) is -0.277. The molecule has 12 heteroatoms. The molecule has 1 aliphatic rings. The third-order valence-corrected chi connectivity index (χ3v) is 6.00. The zero-order chi connectivity index (χ0) is 20.6. The third-order valence-electron chi connectivity index (χ3n) is 5.08. The molecule has 0 spiro atoms. The summed E-state index contributed by atoms with van der Waals surface area (Å²) >= 11 is 0. The lowest BCUT2D eigenvalue weighted by molar-refractivity contribution is -0.00476. The van der Waals surface area contributed by atoms with Crippen LogP contribution in [0, 0.1) is 11.8 Å². The lowest BCUT2D eigenvalue weighted by Gasteiger charge is -2.44. The Morgan fingerprint density at radius 3 is 2.83 bits per heavy atom. The Kier molecular flexibility index (Phi) is 5.13. The zero-order valence-corrected chi connectivity index (χ0v) is 16.1. The molecule has 154 valence electrons. The molecule has 0 amide bonds. The molecule has 1 aromatic carbocycles. The summed E-state index contributed by atoms with van der Waals surface area (Å²) in [6.07, 6.45) is 2.04. The van der Waals surface area contributed by atoms with Crippen LogP contribution in [0.15, 0.2) is 41.5 Å². The van der Waals surface area contributed by atoms with E-state index in [4.69, 9.17) is 14.8 Å². The molecular weight excluding hydrogens is 401 g/mol. The summed E-state index contributed by atoms with van der Waals surface area (Å²) in [5, 5.41) is 9.60. The number of imidazole rings is 1. The number of para-hydroxylation sites is 1. The number of hydrogen-bond acceptors (Lipinski definition) is 8. The van der Waals surface area contributed by atoms with E-state index in [0.29, 0.717) is 12.1 Å². The number of anilines is 1. The van der Waals surface area contributed by atoms with Crippen LogP contribution in [0.25, 0.3) is 11.2 Å². The van der Waals surface area contributed by atoms with Gasteiger partial charge in [0, 0.05) is 18.6 Å². The highest BCUT2D eigenvalue weighted by molar-refractivity contribution is 7.47. The number of phosphoric acid groups is 1. The van der Waals surface area contributed by atoms with Crippen molar-refractivity contribution in [2.45, 2.75) is 12.5 Å². The molecular formula is C17H20N5O6P. The second-order valence-corrected chi connectivity index (χ2v) is 8.23. The minimum absolute atomic E-state index is 0.0359. The lowest BCUT2D eigenvalue weighted by Crippen LogP contribution is -2.43. The minimum atomic E-state index is -4.35. The average Bonchev–Trinajstić information content (AvgIpc) is 3.05. The van der Waals surface area contributed by atoms with Gasteiger partial charge in [0.15, 0.2) is 11.2 Å². The predicted octanol–water partition coefficient (Wildman–Crippen LogP) is 1.07. The first kappa shape index (κ1) is 19.6. The number of aliphatic hydroxyl groups is 1. The molecule has 2 aromatic heterocycles. The second-order valence-electron chi connectivity index (χ2n) is 6.85. The van der Waals surface area contributed by atoms with Crippen LogP contribution in [0.1, 0.15) is 12.5 Å². The summed E-state index contributed by atoms with van der Waals surface area (Å²) in [7, 11) is -4.35. The number of rotatable bonds is 7. The maximum atomic E-state index is 12.3. The largest absolute Gasteiger partial charge is 0.527 e. The Labute approximate surface area is 164 Å². The summed E-state index contributed by atoms with van der Waals surface area (Å²) in [6.45, 7) is -0.239. The number of nitrogens with one attached hydrogen (secondary N) is 1. The van der Waals surface area contributed by atoms with Gasteiger partial charge in [-0.25, -0.2) is 9.55 Å². The molecule has 0 saturated heterocycles. The number of nitrogen functional groups attached to an aromatic ring is 1. The van der Waals surface area contributed by atoms with Crippen molar-refractivity contribution in [3.63, 3.8) is 0 Å². The fraction of sp³-hybridized carbons (Fsp3) is 0.353. The first-order chi connectivity index (χ1) is 13.9. The molecule has 1 aliphatic carbocycles. The molecule has 3 aromatic rings. The Hall–Kier alpha value is -2.72. The number of aromatic nitrogens is 4. The highest BCUT2D eigenvalue weighted by Gasteiger charge is 2.44. The van der Waals surface area contributed by atoms with Gasteiger partial charge in [0.2, 0.25) is 5.95 Å². The maximum absolute atomic E-state index is 12.3. The van der Waals surface area contributed by atoms with Crippen molar-refractivity contribution in [1.82, 2.24) is 19.5 Å². The van der Waals surface area contributed by atoms with Gasteiger partial charge in [0.05, 0.1) is 12.9 Å². The normalized spacial score (nSPS) is 23.4. The third kappa shape index (κ3) is 3.90. The highest BCUT2D eigenvalue weighted by atomic mass is 31.2. The lowest BCUT2D eigenvalue weighted by atomic mass is 9.70. The Balaban J connectivity index is 1.52. The van der Waals surface area contributed by atoms with E-state index < -0.39 is 13.4 Å². The van der Waals surface area contributed by atoms with Crippen LogP contribution in [0.3, 0.4) is 0 Å². The number of hydrogen-bond donors (Lipinski definition) is 4. The van der Waals surface area contributed by atoms with Gasteiger partial charge in [-0.05, 0) is 24.5 Å². The summed E-state index contributed by atoms with van der Waals surface area (Å²) < 4.78 is 24.2. The number of aliphatic hydroxyl groups excluding tert-OH is 1. The van der Waals surface area contributed by atoms with E-state index >= 15 is 0 Å².